The van der Waals surface area contributed by atoms with E-state index >= 15 is 0 Å². The Morgan fingerprint density at radius 2 is 1.52 bits per heavy atom. The Balaban J connectivity index is 2.14. The van der Waals surface area contributed by atoms with E-state index in [1.165, 1.54) is 17.5 Å². The smallest absolute Gasteiger partial charge is 0.0842 e. The predicted octanol–water partition coefficient (Wildman–Crippen LogP) is 3.25. The zero-order valence-corrected chi connectivity index (χ0v) is 12.8. The maximum absolute atomic E-state index is 3.62. The molecular formula is C19H24N2. The third kappa shape index (κ3) is 2.61. The van der Waals surface area contributed by atoms with Gasteiger partial charge in [0.05, 0.1) is 5.54 Å². The lowest BCUT2D eigenvalue weighted by Gasteiger charge is -2.48. The van der Waals surface area contributed by atoms with Crippen LogP contribution >= 0.6 is 0 Å². The number of benzene rings is 2. The van der Waals surface area contributed by atoms with Crippen LogP contribution in [0.3, 0.4) is 0 Å². The summed E-state index contributed by atoms with van der Waals surface area (Å²) in [6.07, 6.45) is 1.18. The molecule has 1 heterocycles. The molecule has 1 N–H and O–H groups in total. The Hall–Kier alpha value is -1.64. The summed E-state index contributed by atoms with van der Waals surface area (Å²) in [6.45, 7) is 6.54. The monoisotopic (exact) mass is 280 g/mol. The molecule has 0 saturated carbocycles. The number of nitrogens with one attached hydrogen (secondary N) is 1. The van der Waals surface area contributed by atoms with Crippen LogP contribution in [-0.2, 0) is 5.54 Å². The number of piperazine rings is 1. The van der Waals surface area contributed by atoms with Gasteiger partial charge < -0.3 is 5.32 Å². The van der Waals surface area contributed by atoms with Crippen molar-refractivity contribution in [3.63, 3.8) is 0 Å². The van der Waals surface area contributed by atoms with Crippen molar-refractivity contribution in [2.75, 3.05) is 26.2 Å². The van der Waals surface area contributed by atoms with Crippen molar-refractivity contribution in [2.45, 2.75) is 18.9 Å². The maximum Gasteiger partial charge on any atom is 0.0842 e. The highest BCUT2D eigenvalue weighted by molar-refractivity contribution is 5.40. The van der Waals surface area contributed by atoms with Crippen LogP contribution in [0.5, 0.6) is 0 Å². The molecule has 2 nitrogen and oxygen atoms in total. The predicted molar refractivity (Wildman–Crippen MR) is 88.4 cm³/mol. The van der Waals surface area contributed by atoms with Gasteiger partial charge in [0, 0.05) is 19.6 Å². The summed E-state index contributed by atoms with van der Waals surface area (Å²) in [4.78, 5) is 2.65. The summed E-state index contributed by atoms with van der Waals surface area (Å²) < 4.78 is 0. The zero-order chi connectivity index (χ0) is 14.5. The largest absolute Gasteiger partial charge is 0.313 e. The number of rotatable bonds is 4. The Kier molecular flexibility index (Phi) is 4.37. The van der Waals surface area contributed by atoms with E-state index in [-0.39, 0.29) is 5.54 Å². The van der Waals surface area contributed by atoms with E-state index in [0.29, 0.717) is 0 Å². The Morgan fingerprint density at radius 1 is 0.952 bits per heavy atom. The summed E-state index contributed by atoms with van der Waals surface area (Å²) in [6, 6.07) is 21.9. The first-order valence-corrected chi connectivity index (χ1v) is 7.95. The molecule has 1 aliphatic heterocycles. The van der Waals surface area contributed by atoms with Crippen molar-refractivity contribution < 1.29 is 0 Å². The molecule has 0 atom stereocenters. The molecule has 2 aromatic carbocycles. The molecule has 0 radical (unpaired) electrons. The van der Waals surface area contributed by atoms with Gasteiger partial charge in [0.15, 0.2) is 0 Å². The first-order chi connectivity index (χ1) is 10.4. The van der Waals surface area contributed by atoms with E-state index in [9.17, 15) is 0 Å². The van der Waals surface area contributed by atoms with Gasteiger partial charge in [0.1, 0.15) is 0 Å². The van der Waals surface area contributed by atoms with Crippen molar-refractivity contribution in [1.82, 2.24) is 10.2 Å². The highest BCUT2D eigenvalue weighted by atomic mass is 15.3. The molecule has 1 aliphatic rings. The van der Waals surface area contributed by atoms with Crippen LogP contribution in [0, 0.1) is 0 Å². The van der Waals surface area contributed by atoms with Crippen molar-refractivity contribution >= 4 is 0 Å². The molecule has 2 heteroatoms. The Bertz CT molecular complexity index is 509. The van der Waals surface area contributed by atoms with Crippen molar-refractivity contribution in [2.24, 2.45) is 0 Å². The molecular weight excluding hydrogens is 256 g/mol. The van der Waals surface area contributed by atoms with Crippen LogP contribution in [0.2, 0.25) is 0 Å². The van der Waals surface area contributed by atoms with Gasteiger partial charge in [-0.2, -0.15) is 0 Å². The molecule has 0 bridgehead atoms. The summed E-state index contributed by atoms with van der Waals surface area (Å²) in [5, 5.41) is 3.62. The van der Waals surface area contributed by atoms with Gasteiger partial charge in [-0.25, -0.2) is 0 Å². The van der Waals surface area contributed by atoms with Crippen LogP contribution in [-0.4, -0.2) is 31.1 Å². The van der Waals surface area contributed by atoms with Crippen LogP contribution in [0.1, 0.15) is 24.5 Å². The minimum atomic E-state index is -0.0449. The van der Waals surface area contributed by atoms with Crippen LogP contribution in [0.25, 0.3) is 0 Å². The molecule has 1 fully saturated rings. The van der Waals surface area contributed by atoms with Gasteiger partial charge >= 0.3 is 0 Å². The Morgan fingerprint density at radius 3 is 2.05 bits per heavy atom. The summed E-state index contributed by atoms with van der Waals surface area (Å²) in [7, 11) is 0. The van der Waals surface area contributed by atoms with Gasteiger partial charge in [-0.1, -0.05) is 67.6 Å². The fourth-order valence-corrected chi connectivity index (χ4v) is 3.52. The summed E-state index contributed by atoms with van der Waals surface area (Å²) >= 11 is 0. The normalized spacial score (nSPS) is 18.5. The van der Waals surface area contributed by atoms with E-state index in [1.807, 2.05) is 0 Å². The van der Waals surface area contributed by atoms with Crippen molar-refractivity contribution in [1.29, 1.82) is 0 Å². The quantitative estimate of drug-likeness (QED) is 0.925. The van der Waals surface area contributed by atoms with Gasteiger partial charge in [0.2, 0.25) is 0 Å². The van der Waals surface area contributed by atoms with Crippen molar-refractivity contribution in [3.8, 4) is 0 Å². The first-order valence-electron chi connectivity index (χ1n) is 7.95. The molecule has 2 aromatic rings. The van der Waals surface area contributed by atoms with Gasteiger partial charge in [-0.15, -0.1) is 0 Å². The van der Waals surface area contributed by atoms with E-state index < -0.39 is 0 Å². The maximum atomic E-state index is 3.62. The van der Waals surface area contributed by atoms with E-state index in [0.717, 1.165) is 26.2 Å². The second kappa shape index (κ2) is 6.42. The number of hydrogen-bond donors (Lipinski definition) is 1. The zero-order valence-electron chi connectivity index (χ0n) is 12.8. The van der Waals surface area contributed by atoms with Crippen molar-refractivity contribution in [3.05, 3.63) is 71.8 Å². The minimum absolute atomic E-state index is 0.0449. The fourth-order valence-electron chi connectivity index (χ4n) is 3.52. The lowest BCUT2D eigenvalue weighted by atomic mass is 9.79. The molecule has 0 spiro atoms. The average Bonchev–Trinajstić information content (AvgIpc) is 2.57. The number of hydrogen-bond acceptors (Lipinski definition) is 2. The molecule has 1 saturated heterocycles. The lowest BCUT2D eigenvalue weighted by Crippen LogP contribution is -2.59. The third-order valence-corrected chi connectivity index (χ3v) is 4.48. The van der Waals surface area contributed by atoms with Crippen LogP contribution in [0.4, 0.5) is 0 Å². The molecule has 0 aliphatic carbocycles. The van der Waals surface area contributed by atoms with Crippen LogP contribution < -0.4 is 5.32 Å². The topological polar surface area (TPSA) is 15.3 Å². The highest BCUT2D eigenvalue weighted by Gasteiger charge is 2.41. The SMILES string of the molecule is CCCN1CCNCC1(c1ccccc1)c1ccccc1. The molecule has 110 valence electrons. The average molecular weight is 280 g/mol. The van der Waals surface area contributed by atoms with E-state index in [2.05, 4.69) is 77.8 Å². The highest BCUT2D eigenvalue weighted by Crippen LogP contribution is 2.37. The van der Waals surface area contributed by atoms with Crippen LogP contribution in [0.15, 0.2) is 60.7 Å². The van der Waals surface area contributed by atoms with E-state index in [4.69, 9.17) is 0 Å². The summed E-state index contributed by atoms with van der Waals surface area (Å²) in [5.74, 6) is 0. The molecule has 21 heavy (non-hydrogen) atoms. The molecule has 3 rings (SSSR count). The third-order valence-electron chi connectivity index (χ3n) is 4.48. The lowest BCUT2D eigenvalue weighted by molar-refractivity contribution is 0.0914. The number of nitrogens with zero attached hydrogens (tertiary/aromatic N) is 1. The van der Waals surface area contributed by atoms with Gasteiger partial charge in [0.25, 0.3) is 0 Å². The van der Waals surface area contributed by atoms with Gasteiger partial charge in [-0.05, 0) is 24.1 Å². The fraction of sp³-hybridized carbons (Fsp3) is 0.368. The Labute approximate surface area is 127 Å². The van der Waals surface area contributed by atoms with Gasteiger partial charge in [-0.3, -0.25) is 4.90 Å². The molecule has 0 aromatic heterocycles. The minimum Gasteiger partial charge on any atom is -0.313 e. The molecule has 0 unspecified atom stereocenters. The standard InChI is InChI=1S/C19H24N2/c1-2-14-21-15-13-20-16-19(21,17-9-5-3-6-10-17)18-11-7-4-8-12-18/h3-12,20H,2,13-16H2,1H3. The van der Waals surface area contributed by atoms with E-state index in [1.54, 1.807) is 0 Å². The molecule has 0 amide bonds. The first kappa shape index (κ1) is 14.3. The second-order valence-electron chi connectivity index (χ2n) is 5.76. The second-order valence-corrected chi connectivity index (χ2v) is 5.76. The summed E-state index contributed by atoms with van der Waals surface area (Å²) in [5.41, 5.74) is 2.73.